The zero-order chi connectivity index (χ0) is 71.0. The molecule has 2 unspecified atom stereocenters. The van der Waals surface area contributed by atoms with Gasteiger partial charge in [-0.3, -0.25) is 43.2 Å². The Hall–Kier alpha value is -9.48. The number of unbranched alkanes of at least 4 members (excludes halogenated alkanes) is 1. The van der Waals surface area contributed by atoms with E-state index in [1.54, 1.807) is 144 Å². The number of nitrogens with one attached hydrogen (secondary N) is 4. The molecule has 98 heavy (non-hydrogen) atoms. The first-order valence-electron chi connectivity index (χ1n) is 33.6. The smallest absolute Gasteiger partial charge is 0.350 e. The molecule has 520 valence electrons. The van der Waals surface area contributed by atoms with E-state index in [0.717, 1.165) is 11.8 Å². The van der Waals surface area contributed by atoms with E-state index in [0.29, 0.717) is 35.1 Å². The average molecular weight is 1340 g/mol. The van der Waals surface area contributed by atoms with Crippen LogP contribution in [-0.4, -0.2) is 129 Å². The Bertz CT molecular complexity index is 3880. The number of aromatic nitrogens is 1. The molecule has 0 radical (unpaired) electrons. The van der Waals surface area contributed by atoms with Crippen LogP contribution in [0.5, 0.6) is 0 Å². The lowest BCUT2D eigenvalue weighted by atomic mass is 9.37. The number of carbonyl (C=O) groups excluding carboxylic acids is 11. The van der Waals surface area contributed by atoms with Crippen LogP contribution >= 0.6 is 0 Å². The van der Waals surface area contributed by atoms with Gasteiger partial charge in [0.25, 0.3) is 11.8 Å². The summed E-state index contributed by atoms with van der Waals surface area (Å²) in [6.07, 6.45) is -5.81. The fourth-order valence-electron chi connectivity index (χ4n) is 15.5. The van der Waals surface area contributed by atoms with Gasteiger partial charge in [-0.05, 0) is 130 Å². The third-order valence-corrected chi connectivity index (χ3v) is 21.3. The summed E-state index contributed by atoms with van der Waals surface area (Å²) in [5, 5.41) is 37.7. The van der Waals surface area contributed by atoms with Crippen molar-refractivity contribution in [2.75, 3.05) is 6.54 Å². The summed E-state index contributed by atoms with van der Waals surface area (Å²) in [5.74, 6) is -11.0. The number of para-hydroxylation sites is 1. The van der Waals surface area contributed by atoms with Crippen molar-refractivity contribution in [1.82, 2.24) is 26.3 Å². The van der Waals surface area contributed by atoms with Crippen LogP contribution in [0.15, 0.2) is 139 Å². The maximum Gasteiger partial charge on any atom is 0.350 e. The first-order valence-corrected chi connectivity index (χ1v) is 33.6. The molecule has 3 saturated carbocycles. The summed E-state index contributed by atoms with van der Waals surface area (Å²) in [6.45, 7) is 12.2. The molecule has 4 aliphatic carbocycles. The Morgan fingerprint density at radius 1 is 0.714 bits per heavy atom. The molecule has 5 aromatic rings. The molecule has 14 atom stereocenters. The van der Waals surface area contributed by atoms with E-state index >= 15 is 9.59 Å². The Labute approximate surface area is 569 Å². The molecular weight excluding hydrogens is 1250 g/mol. The number of nitrogens with zero attached hydrogens (tertiary/aromatic N) is 1. The number of ketones is 2. The number of aliphatic hydroxyl groups excluding tert-OH is 1. The molecule has 3 fully saturated rings. The zero-order valence-corrected chi connectivity index (χ0v) is 56.4. The molecule has 1 heterocycles. The SMILES string of the molecule is CC1=C2[C@@H](C)C(=O)[C@@]3(C)[C@H]([C@H](OC(=O)c4ccccc4)[C@](O)(C[C@@H]1OC(=O)[C@H](OC(=O)CCC(=O)NCCCCC(NC(=O)CC[C@H](CC(=O)C(C)NC(=O)c1ccc4ccccc4n1)C(N)=O)C(N)=O)[C@@H](NC(=O)c1ccccc1)c1ccccc1)C2(C)C)[C@]1(C)CC[C@@H]1C[C@@H]3O. The second kappa shape index (κ2) is 30.5. The molecule has 0 saturated heterocycles. The molecule has 2 bridgehead atoms. The number of primary amides is 2. The number of amides is 6. The lowest BCUT2D eigenvalue weighted by molar-refractivity contribution is -0.265. The molecule has 4 aliphatic rings. The van der Waals surface area contributed by atoms with Crippen molar-refractivity contribution in [2.24, 2.45) is 51.4 Å². The van der Waals surface area contributed by atoms with E-state index in [2.05, 4.69) is 26.3 Å². The van der Waals surface area contributed by atoms with E-state index in [4.69, 9.17) is 25.7 Å². The van der Waals surface area contributed by atoms with Gasteiger partial charge in [-0.25, -0.2) is 14.6 Å². The molecule has 23 heteroatoms. The highest BCUT2D eigenvalue weighted by Gasteiger charge is 2.74. The van der Waals surface area contributed by atoms with Crippen LogP contribution in [0.1, 0.15) is 168 Å². The summed E-state index contributed by atoms with van der Waals surface area (Å²) in [4.78, 5) is 156. The van der Waals surface area contributed by atoms with Gasteiger partial charge in [0.05, 0.1) is 35.1 Å². The lowest BCUT2D eigenvalue weighted by Crippen LogP contribution is -2.74. The number of carbonyl (C=O) groups is 11. The van der Waals surface area contributed by atoms with Gasteiger partial charge < -0.3 is 57.2 Å². The molecule has 1 aromatic heterocycles. The second-order valence-corrected chi connectivity index (χ2v) is 27.7. The van der Waals surface area contributed by atoms with Crippen LogP contribution in [0.4, 0.5) is 0 Å². The number of benzene rings is 4. The Balaban J connectivity index is 0.855. The van der Waals surface area contributed by atoms with Gasteiger partial charge in [-0.2, -0.15) is 0 Å². The summed E-state index contributed by atoms with van der Waals surface area (Å²) in [7, 11) is 0. The Morgan fingerprint density at radius 2 is 1.36 bits per heavy atom. The second-order valence-electron chi connectivity index (χ2n) is 27.7. The van der Waals surface area contributed by atoms with Crippen molar-refractivity contribution in [3.63, 3.8) is 0 Å². The van der Waals surface area contributed by atoms with Crippen molar-refractivity contribution in [3.8, 4) is 0 Å². The van der Waals surface area contributed by atoms with E-state index in [-0.39, 0.29) is 80.0 Å². The first-order chi connectivity index (χ1) is 46.5. The van der Waals surface area contributed by atoms with Gasteiger partial charge >= 0.3 is 17.9 Å². The molecule has 4 aromatic carbocycles. The summed E-state index contributed by atoms with van der Waals surface area (Å²) in [5.41, 5.74) is 7.80. The van der Waals surface area contributed by atoms with Gasteiger partial charge in [0.2, 0.25) is 29.7 Å². The Morgan fingerprint density at radius 3 is 2.00 bits per heavy atom. The molecule has 10 N–H and O–H groups in total. The highest BCUT2D eigenvalue weighted by molar-refractivity contribution is 5.99. The van der Waals surface area contributed by atoms with Crippen molar-refractivity contribution in [2.45, 2.75) is 174 Å². The predicted molar refractivity (Wildman–Crippen MR) is 359 cm³/mol. The predicted octanol–water partition coefficient (Wildman–Crippen LogP) is 6.95. The third-order valence-electron chi connectivity index (χ3n) is 21.3. The van der Waals surface area contributed by atoms with Crippen molar-refractivity contribution >= 4 is 75.8 Å². The van der Waals surface area contributed by atoms with Gasteiger partial charge in [-0.15, -0.1) is 0 Å². The van der Waals surface area contributed by atoms with E-state index in [9.17, 15) is 53.4 Å². The fraction of sp³-hybridized carbons (Fsp3) is 0.467. The molecule has 23 nitrogen and oxygen atoms in total. The topological polar surface area (TPSA) is 369 Å². The fourth-order valence-corrected chi connectivity index (χ4v) is 15.5. The maximum absolute atomic E-state index is 15.6. The molecule has 0 spiro atoms. The summed E-state index contributed by atoms with van der Waals surface area (Å²) in [6, 6.07) is 31.5. The molecule has 9 rings (SSSR count). The monoisotopic (exact) mass is 1340 g/mol. The minimum Gasteiger partial charge on any atom is -0.455 e. The minimum atomic E-state index is -2.11. The Kier molecular flexibility index (Phi) is 22.7. The lowest BCUT2D eigenvalue weighted by Gasteiger charge is -2.68. The third kappa shape index (κ3) is 15.4. The largest absolute Gasteiger partial charge is 0.455 e. The van der Waals surface area contributed by atoms with Crippen LogP contribution in [0, 0.1) is 39.9 Å². The van der Waals surface area contributed by atoms with Crippen molar-refractivity contribution < 1.29 is 77.2 Å². The highest BCUT2D eigenvalue weighted by Crippen LogP contribution is 2.70. The summed E-state index contributed by atoms with van der Waals surface area (Å²) < 4.78 is 19.2. The van der Waals surface area contributed by atoms with E-state index in [1.165, 1.54) is 13.0 Å². The normalized spacial score (nSPS) is 25.3. The number of fused-ring (bicyclic) bond motifs is 6. The number of Topliss-reactive ketones (excluding diaryl/α,β-unsaturated/α-hetero) is 2. The minimum absolute atomic E-state index is 0.0586. The molecule has 0 aliphatic heterocycles. The van der Waals surface area contributed by atoms with Gasteiger partial charge in [-0.1, -0.05) is 119 Å². The number of rotatable bonds is 28. The van der Waals surface area contributed by atoms with Gasteiger partial charge in [0.1, 0.15) is 41.4 Å². The van der Waals surface area contributed by atoms with Crippen LogP contribution in [0.25, 0.3) is 10.9 Å². The van der Waals surface area contributed by atoms with E-state index < -0.39 is 154 Å². The number of hydrogen-bond donors (Lipinski definition) is 8. The van der Waals surface area contributed by atoms with Gasteiger partial charge in [0, 0.05) is 66.3 Å². The number of pyridine rings is 1. The average Bonchev–Trinajstić information content (AvgIpc) is 0.673. The number of hydrogen-bond acceptors (Lipinski definition) is 17. The van der Waals surface area contributed by atoms with Crippen molar-refractivity contribution in [3.05, 3.63) is 161 Å². The standard InChI is InChI=1S/C75H89N7O16/c1-42-55(41-75(95)65(98-70(93)48-26-15-10-16-27-48)63-73(6)37-36-50(73)40-56(84)74(63,7)64(88)43(2)60(42)72(75,4)5)96-71(94)62(61(46-22-11-8-12-23-46)82-68(91)47-24-13-9-14-25-47)97-59(87)35-34-57(85)78-38-20-19-29-52(67(77)90)81-58(86)33-31-49(66(76)89)39-54(83)44(3)79-69(92)53-32-30-45-21-17-18-28-51(45)80-53/h8-18,21-28,30,32,43-44,49-50,52,55-56,61-63,65,84,95H,19-20,29,31,33-41H2,1-7H3,(H2,76,89)(H2,77,90)(H,78,85)(H,79,92)(H,81,86)(H,82,91)/t43-,44?,49-,50-,52?,55+,56+,61+,62-,63-,65+,73-,74-,75-/m1/s1. The highest BCUT2D eigenvalue weighted by atomic mass is 16.6. The number of aliphatic hydroxyl groups is 2. The molecular formula is C75H89N7O16. The number of nitrogens with two attached hydrogens (primary N) is 2. The number of esters is 3. The zero-order valence-electron chi connectivity index (χ0n) is 56.4. The quantitative estimate of drug-likeness (QED) is 0.0109. The van der Waals surface area contributed by atoms with Crippen LogP contribution in [0.2, 0.25) is 0 Å². The van der Waals surface area contributed by atoms with E-state index in [1.807, 2.05) is 19.1 Å². The first kappa shape index (κ1) is 72.8. The van der Waals surface area contributed by atoms with Crippen LogP contribution < -0.4 is 32.7 Å². The molecule has 6 amide bonds. The van der Waals surface area contributed by atoms with Gasteiger partial charge in [0.15, 0.2) is 5.78 Å². The van der Waals surface area contributed by atoms with Crippen LogP contribution in [-0.2, 0) is 52.6 Å². The summed E-state index contributed by atoms with van der Waals surface area (Å²) >= 11 is 0. The number of ether oxygens (including phenoxy) is 3. The van der Waals surface area contributed by atoms with Crippen LogP contribution in [0.3, 0.4) is 0 Å². The maximum atomic E-state index is 15.6. The van der Waals surface area contributed by atoms with Crippen molar-refractivity contribution in [1.29, 1.82) is 0 Å².